The van der Waals surface area contributed by atoms with Crippen LogP contribution in [0.4, 0.5) is 5.69 Å². The lowest BCUT2D eigenvalue weighted by Crippen LogP contribution is -2.13. The van der Waals surface area contributed by atoms with Crippen molar-refractivity contribution in [2.24, 2.45) is 0 Å². The van der Waals surface area contributed by atoms with Gasteiger partial charge in [0.1, 0.15) is 0 Å². The van der Waals surface area contributed by atoms with Gasteiger partial charge in [0, 0.05) is 47.2 Å². The van der Waals surface area contributed by atoms with Crippen molar-refractivity contribution in [3.8, 4) is 0 Å². The molecular formula is C19H20N4OS. The van der Waals surface area contributed by atoms with Crippen molar-refractivity contribution in [2.75, 3.05) is 5.32 Å². The van der Waals surface area contributed by atoms with E-state index in [0.717, 1.165) is 25.1 Å². The molecule has 128 valence electrons. The number of benzene rings is 1. The van der Waals surface area contributed by atoms with Crippen molar-refractivity contribution in [3.05, 3.63) is 73.1 Å². The summed E-state index contributed by atoms with van der Waals surface area (Å²) in [7, 11) is 0. The summed E-state index contributed by atoms with van der Waals surface area (Å²) in [5, 5.41) is 3.09. The van der Waals surface area contributed by atoms with Gasteiger partial charge in [-0.05, 0) is 54.8 Å². The molecule has 1 N–H and O–H groups in total. The van der Waals surface area contributed by atoms with Crippen LogP contribution in [0.1, 0.15) is 12.0 Å². The van der Waals surface area contributed by atoms with Crippen LogP contribution in [0.25, 0.3) is 0 Å². The van der Waals surface area contributed by atoms with E-state index in [2.05, 4.69) is 32.0 Å². The van der Waals surface area contributed by atoms with Crippen molar-refractivity contribution in [3.63, 3.8) is 0 Å². The van der Waals surface area contributed by atoms with Crippen LogP contribution in [0.3, 0.4) is 0 Å². The first kappa shape index (κ1) is 17.2. The van der Waals surface area contributed by atoms with Crippen LogP contribution in [0.2, 0.25) is 0 Å². The van der Waals surface area contributed by atoms with Gasteiger partial charge in [-0.3, -0.25) is 9.78 Å². The normalized spacial score (nSPS) is 11.8. The minimum absolute atomic E-state index is 0.423. The maximum atomic E-state index is 10.5. The standard InChI is InChI=1S/C19H20N4OS/c24-15-22-17-2-5-18(6-3-17)25-19(13-23-12-11-21-14-23)4-1-16-7-9-20-10-8-16/h2-3,5-12,14-15,19H,1,4,13H2,(H,22,24). The van der Waals surface area contributed by atoms with Crippen molar-refractivity contribution in [1.82, 2.24) is 14.5 Å². The Morgan fingerprint density at radius 1 is 1.08 bits per heavy atom. The number of hydrogen-bond acceptors (Lipinski definition) is 4. The highest BCUT2D eigenvalue weighted by Gasteiger charge is 2.12. The summed E-state index contributed by atoms with van der Waals surface area (Å²) < 4.78 is 2.12. The molecule has 3 aromatic rings. The zero-order chi connectivity index (χ0) is 17.3. The zero-order valence-corrected chi connectivity index (χ0v) is 14.6. The second-order valence-electron chi connectivity index (χ2n) is 5.68. The van der Waals surface area contributed by atoms with Crippen LogP contribution < -0.4 is 5.32 Å². The Labute approximate surface area is 151 Å². The van der Waals surface area contributed by atoms with Gasteiger partial charge in [-0.25, -0.2) is 4.98 Å². The average Bonchev–Trinajstić information content (AvgIpc) is 3.15. The lowest BCUT2D eigenvalue weighted by molar-refractivity contribution is -0.105. The Bertz CT molecular complexity index is 760. The molecule has 0 fully saturated rings. The number of aryl methyl sites for hydroxylation is 1. The van der Waals surface area contributed by atoms with Gasteiger partial charge >= 0.3 is 0 Å². The third-order valence-electron chi connectivity index (χ3n) is 3.86. The van der Waals surface area contributed by atoms with Crippen LogP contribution >= 0.6 is 11.8 Å². The Balaban J connectivity index is 1.65. The van der Waals surface area contributed by atoms with Gasteiger partial charge in [0.2, 0.25) is 6.41 Å². The molecule has 0 saturated heterocycles. The van der Waals surface area contributed by atoms with E-state index in [4.69, 9.17) is 0 Å². The maximum absolute atomic E-state index is 10.5. The number of anilines is 1. The van der Waals surface area contributed by atoms with E-state index in [-0.39, 0.29) is 0 Å². The predicted molar refractivity (Wildman–Crippen MR) is 101 cm³/mol. The summed E-state index contributed by atoms with van der Waals surface area (Å²) in [4.78, 5) is 19.9. The van der Waals surface area contributed by atoms with E-state index < -0.39 is 0 Å². The summed E-state index contributed by atoms with van der Waals surface area (Å²) in [6.45, 7) is 0.907. The molecule has 2 heterocycles. The number of amides is 1. The number of carbonyl (C=O) groups is 1. The van der Waals surface area contributed by atoms with Crippen LogP contribution in [0.15, 0.2) is 72.4 Å². The molecule has 0 aliphatic carbocycles. The van der Waals surface area contributed by atoms with E-state index in [9.17, 15) is 4.79 Å². The minimum atomic E-state index is 0.423. The number of carbonyl (C=O) groups excluding carboxylic acids is 1. The van der Waals surface area contributed by atoms with Crippen LogP contribution in [0.5, 0.6) is 0 Å². The van der Waals surface area contributed by atoms with E-state index >= 15 is 0 Å². The molecule has 5 nitrogen and oxygen atoms in total. The molecule has 0 spiro atoms. The van der Waals surface area contributed by atoms with Gasteiger partial charge in [0.05, 0.1) is 6.33 Å². The average molecular weight is 352 g/mol. The van der Waals surface area contributed by atoms with E-state index in [1.807, 2.05) is 67.1 Å². The smallest absolute Gasteiger partial charge is 0.211 e. The molecule has 1 aromatic carbocycles. The van der Waals surface area contributed by atoms with E-state index in [1.165, 1.54) is 10.5 Å². The SMILES string of the molecule is O=CNc1ccc(SC(CCc2ccncc2)Cn2ccnc2)cc1. The summed E-state index contributed by atoms with van der Waals surface area (Å²) in [5.74, 6) is 0. The van der Waals surface area contributed by atoms with Crippen LogP contribution in [-0.4, -0.2) is 26.2 Å². The molecule has 3 rings (SSSR count). The van der Waals surface area contributed by atoms with Crippen molar-refractivity contribution in [1.29, 1.82) is 0 Å². The first-order valence-corrected chi connectivity index (χ1v) is 9.03. The largest absolute Gasteiger partial charge is 0.336 e. The fraction of sp³-hybridized carbons (Fsp3) is 0.211. The topological polar surface area (TPSA) is 59.8 Å². The number of imidazole rings is 1. The molecule has 0 bridgehead atoms. The number of nitrogens with one attached hydrogen (secondary N) is 1. The second-order valence-corrected chi connectivity index (χ2v) is 7.05. The number of pyridine rings is 1. The highest BCUT2D eigenvalue weighted by atomic mass is 32.2. The summed E-state index contributed by atoms with van der Waals surface area (Å²) in [5.41, 5.74) is 2.11. The Kier molecular flexibility index (Phi) is 6.23. The molecule has 0 saturated carbocycles. The second kappa shape index (κ2) is 9.03. The summed E-state index contributed by atoms with van der Waals surface area (Å²) >= 11 is 1.85. The molecular weight excluding hydrogens is 332 g/mol. The van der Waals surface area contributed by atoms with Crippen molar-refractivity contribution >= 4 is 23.9 Å². The number of hydrogen-bond donors (Lipinski definition) is 1. The Morgan fingerprint density at radius 2 is 1.88 bits per heavy atom. The number of aromatic nitrogens is 3. The first-order chi connectivity index (χ1) is 12.3. The van der Waals surface area contributed by atoms with Gasteiger partial charge in [-0.1, -0.05) is 0 Å². The molecule has 1 atom stereocenters. The highest BCUT2D eigenvalue weighted by molar-refractivity contribution is 8.00. The van der Waals surface area contributed by atoms with Crippen molar-refractivity contribution in [2.45, 2.75) is 29.5 Å². The molecule has 0 aliphatic rings. The van der Waals surface area contributed by atoms with Gasteiger partial charge in [0.15, 0.2) is 0 Å². The first-order valence-electron chi connectivity index (χ1n) is 8.15. The lowest BCUT2D eigenvalue weighted by atomic mass is 10.1. The number of thioether (sulfide) groups is 1. The third kappa shape index (κ3) is 5.46. The minimum Gasteiger partial charge on any atom is -0.336 e. The molecule has 6 heteroatoms. The monoisotopic (exact) mass is 352 g/mol. The molecule has 0 radical (unpaired) electrons. The molecule has 2 aromatic heterocycles. The van der Waals surface area contributed by atoms with Gasteiger partial charge < -0.3 is 9.88 Å². The number of rotatable bonds is 9. The molecule has 1 amide bonds. The predicted octanol–water partition coefficient (Wildman–Crippen LogP) is 3.64. The zero-order valence-electron chi connectivity index (χ0n) is 13.8. The maximum Gasteiger partial charge on any atom is 0.211 e. The lowest BCUT2D eigenvalue weighted by Gasteiger charge is -2.17. The Hall–Kier alpha value is -2.60. The van der Waals surface area contributed by atoms with Crippen LogP contribution in [0, 0.1) is 0 Å². The number of nitrogens with zero attached hydrogens (tertiary/aromatic N) is 3. The van der Waals surface area contributed by atoms with Gasteiger partial charge in [-0.2, -0.15) is 0 Å². The van der Waals surface area contributed by atoms with Crippen LogP contribution in [-0.2, 0) is 17.8 Å². The van der Waals surface area contributed by atoms with Gasteiger partial charge in [0.25, 0.3) is 0 Å². The third-order valence-corrected chi connectivity index (χ3v) is 5.12. The molecule has 1 unspecified atom stereocenters. The quantitative estimate of drug-likeness (QED) is 0.472. The fourth-order valence-corrected chi connectivity index (χ4v) is 3.75. The van der Waals surface area contributed by atoms with E-state index in [0.29, 0.717) is 11.7 Å². The summed E-state index contributed by atoms with van der Waals surface area (Å²) in [6, 6.07) is 12.1. The molecule has 0 aliphatic heterocycles. The highest BCUT2D eigenvalue weighted by Crippen LogP contribution is 2.28. The van der Waals surface area contributed by atoms with Crippen molar-refractivity contribution < 1.29 is 4.79 Å². The molecule has 25 heavy (non-hydrogen) atoms. The summed E-state index contributed by atoms with van der Waals surface area (Å²) in [6.07, 6.45) is 12.1. The Morgan fingerprint density at radius 3 is 2.56 bits per heavy atom. The van der Waals surface area contributed by atoms with Gasteiger partial charge in [-0.15, -0.1) is 11.8 Å². The van der Waals surface area contributed by atoms with E-state index in [1.54, 1.807) is 0 Å². The fourth-order valence-electron chi connectivity index (χ4n) is 2.58.